The maximum Gasteiger partial charge on any atom is 0.231 e. The van der Waals surface area contributed by atoms with Gasteiger partial charge in [0.2, 0.25) is 5.91 Å². The molecule has 0 radical (unpaired) electrons. The number of amides is 1. The van der Waals surface area contributed by atoms with Crippen molar-refractivity contribution in [3.8, 4) is 6.07 Å². The van der Waals surface area contributed by atoms with Gasteiger partial charge in [-0.25, -0.2) is 4.39 Å². The highest BCUT2D eigenvalue weighted by Crippen LogP contribution is 2.51. The number of fused-ring (bicyclic) bond motifs is 1. The van der Waals surface area contributed by atoms with E-state index in [9.17, 15) is 19.6 Å². The average Bonchev–Trinajstić information content (AvgIpc) is 3.02. The number of carbonyl (C=O) groups is 1. The summed E-state index contributed by atoms with van der Waals surface area (Å²) < 4.78 is 13.2. The summed E-state index contributed by atoms with van der Waals surface area (Å²) in [6, 6.07) is 14.7. The first-order valence-electron chi connectivity index (χ1n) is 8.28. The Balaban J connectivity index is 1.79. The molecule has 0 bridgehead atoms. The van der Waals surface area contributed by atoms with Gasteiger partial charge in [-0.3, -0.25) is 9.69 Å². The number of thioether (sulfide) groups is 1. The maximum absolute atomic E-state index is 13.2. The van der Waals surface area contributed by atoms with Crippen molar-refractivity contribution in [2.45, 2.75) is 18.1 Å². The molecule has 2 aliphatic rings. The molecule has 2 aromatic rings. The number of rotatable bonds is 2. The van der Waals surface area contributed by atoms with E-state index < -0.39 is 11.6 Å². The van der Waals surface area contributed by atoms with Crippen LogP contribution in [0, 0.1) is 17.1 Å². The Labute approximate surface area is 164 Å². The molecule has 2 aliphatic heterocycles. The molecule has 0 spiro atoms. The first-order chi connectivity index (χ1) is 12.9. The normalized spacial score (nSPS) is 24.7. The van der Waals surface area contributed by atoms with Crippen molar-refractivity contribution in [3.63, 3.8) is 0 Å². The monoisotopic (exact) mass is 400 g/mol. The van der Waals surface area contributed by atoms with Crippen molar-refractivity contribution in [2.75, 3.05) is 5.75 Å². The molecular weight excluding hydrogens is 387 g/mol. The third kappa shape index (κ3) is 2.92. The maximum atomic E-state index is 13.2. The molecule has 2 unspecified atom stereocenters. The Morgan fingerprint density at radius 1 is 1.22 bits per heavy atom. The molecule has 4 rings (SSSR count). The Morgan fingerprint density at radius 3 is 2.52 bits per heavy atom. The molecule has 27 heavy (non-hydrogen) atoms. The number of aliphatic hydroxyl groups is 1. The second-order valence-corrected chi connectivity index (χ2v) is 7.88. The predicted molar refractivity (Wildman–Crippen MR) is 101 cm³/mol. The van der Waals surface area contributed by atoms with E-state index in [-0.39, 0.29) is 23.9 Å². The molecule has 1 saturated heterocycles. The fourth-order valence-electron chi connectivity index (χ4n) is 3.54. The number of halogens is 2. The zero-order valence-corrected chi connectivity index (χ0v) is 15.6. The second-order valence-electron chi connectivity index (χ2n) is 6.48. The molecule has 4 nitrogen and oxygen atoms in total. The SMILES string of the molecule is N#CC1=C2SCC(O)(c3ccc(Cl)cc3)N2C(=O)CC1c1ccc(F)cc1. The summed E-state index contributed by atoms with van der Waals surface area (Å²) in [4.78, 5) is 14.3. The summed E-state index contributed by atoms with van der Waals surface area (Å²) in [7, 11) is 0. The van der Waals surface area contributed by atoms with Crippen molar-refractivity contribution in [1.29, 1.82) is 5.26 Å². The molecule has 1 amide bonds. The van der Waals surface area contributed by atoms with E-state index in [2.05, 4.69) is 6.07 Å². The summed E-state index contributed by atoms with van der Waals surface area (Å²) in [6.45, 7) is 0. The van der Waals surface area contributed by atoms with E-state index >= 15 is 0 Å². The predicted octanol–water partition coefficient (Wildman–Crippen LogP) is 4.12. The molecule has 1 fully saturated rings. The molecule has 136 valence electrons. The van der Waals surface area contributed by atoms with Crippen LogP contribution in [-0.2, 0) is 10.5 Å². The van der Waals surface area contributed by atoms with Gasteiger partial charge >= 0.3 is 0 Å². The number of nitriles is 1. The highest BCUT2D eigenvalue weighted by molar-refractivity contribution is 8.03. The number of nitrogens with zero attached hydrogens (tertiary/aromatic N) is 2. The minimum atomic E-state index is -1.53. The highest BCUT2D eigenvalue weighted by Gasteiger charge is 2.51. The van der Waals surface area contributed by atoms with E-state index in [1.165, 1.54) is 28.8 Å². The minimum absolute atomic E-state index is 0.0362. The lowest BCUT2D eigenvalue weighted by atomic mass is 9.85. The first-order valence-corrected chi connectivity index (χ1v) is 9.64. The lowest BCUT2D eigenvalue weighted by molar-refractivity contribution is -0.149. The number of hydrogen-bond donors (Lipinski definition) is 1. The van der Waals surface area contributed by atoms with Gasteiger partial charge in [0, 0.05) is 22.9 Å². The van der Waals surface area contributed by atoms with Gasteiger partial charge in [0.05, 0.1) is 22.4 Å². The molecule has 0 saturated carbocycles. The number of benzene rings is 2. The van der Waals surface area contributed by atoms with Crippen LogP contribution in [0.2, 0.25) is 5.02 Å². The van der Waals surface area contributed by atoms with E-state index in [0.717, 1.165) is 0 Å². The van der Waals surface area contributed by atoms with E-state index in [4.69, 9.17) is 11.6 Å². The van der Waals surface area contributed by atoms with Gasteiger partial charge in [0.15, 0.2) is 5.72 Å². The Kier molecular flexibility index (Phi) is 4.47. The lowest BCUT2D eigenvalue weighted by Gasteiger charge is -2.38. The van der Waals surface area contributed by atoms with Crippen LogP contribution < -0.4 is 0 Å². The number of hydrogen-bond acceptors (Lipinski definition) is 4. The molecular formula is C20H14ClFN2O2S. The second kappa shape index (κ2) is 6.68. The summed E-state index contributed by atoms with van der Waals surface area (Å²) >= 11 is 7.20. The van der Waals surface area contributed by atoms with E-state index in [1.807, 2.05) is 0 Å². The highest BCUT2D eigenvalue weighted by atomic mass is 35.5. The molecule has 2 atom stereocenters. The molecule has 7 heteroatoms. The van der Waals surface area contributed by atoms with Crippen LogP contribution in [0.1, 0.15) is 23.5 Å². The third-order valence-corrected chi connectivity index (χ3v) is 6.36. The van der Waals surface area contributed by atoms with Gasteiger partial charge in [-0.1, -0.05) is 35.9 Å². The van der Waals surface area contributed by atoms with Gasteiger partial charge in [-0.05, 0) is 29.8 Å². The van der Waals surface area contributed by atoms with E-state index in [0.29, 0.717) is 26.8 Å². The Morgan fingerprint density at radius 2 is 1.89 bits per heavy atom. The fourth-order valence-corrected chi connectivity index (χ4v) is 5.02. The van der Waals surface area contributed by atoms with Crippen LogP contribution in [0.25, 0.3) is 0 Å². The summed E-state index contributed by atoms with van der Waals surface area (Å²) in [5.41, 5.74) is 0.129. The summed E-state index contributed by atoms with van der Waals surface area (Å²) in [5, 5.41) is 22.0. The van der Waals surface area contributed by atoms with Crippen molar-refractivity contribution >= 4 is 29.3 Å². The first kappa shape index (κ1) is 18.1. The van der Waals surface area contributed by atoms with Crippen molar-refractivity contribution in [1.82, 2.24) is 4.90 Å². The van der Waals surface area contributed by atoms with E-state index in [1.54, 1.807) is 36.4 Å². The van der Waals surface area contributed by atoms with Crippen molar-refractivity contribution < 1.29 is 14.3 Å². The molecule has 2 aromatic carbocycles. The lowest BCUT2D eigenvalue weighted by Crippen LogP contribution is -2.48. The van der Waals surface area contributed by atoms with Gasteiger partial charge in [-0.15, -0.1) is 11.8 Å². The van der Waals surface area contributed by atoms with Crippen molar-refractivity contribution in [3.05, 3.63) is 81.1 Å². The smallest absolute Gasteiger partial charge is 0.231 e. The van der Waals surface area contributed by atoms with Crippen LogP contribution in [0.5, 0.6) is 0 Å². The van der Waals surface area contributed by atoms with Crippen LogP contribution in [0.15, 0.2) is 59.1 Å². The summed E-state index contributed by atoms with van der Waals surface area (Å²) in [6.07, 6.45) is 0.0362. The van der Waals surface area contributed by atoms with Crippen LogP contribution in [-0.4, -0.2) is 21.7 Å². The molecule has 0 aromatic heterocycles. The average molecular weight is 401 g/mol. The fraction of sp³-hybridized carbons (Fsp3) is 0.200. The Bertz CT molecular complexity index is 985. The Hall–Kier alpha value is -2.33. The summed E-state index contributed by atoms with van der Waals surface area (Å²) in [5.74, 6) is -0.881. The molecule has 2 heterocycles. The quantitative estimate of drug-likeness (QED) is 0.823. The largest absolute Gasteiger partial charge is 0.366 e. The minimum Gasteiger partial charge on any atom is -0.366 e. The topological polar surface area (TPSA) is 64.3 Å². The standard InChI is InChI=1S/C20H14ClFN2O2S/c21-14-5-3-13(4-6-14)20(26)11-27-19-17(10-23)16(9-18(25)24(19)20)12-1-7-15(22)8-2-12/h1-8,16,26H,9,11H2. The van der Waals surface area contributed by atoms with Crippen LogP contribution in [0.4, 0.5) is 4.39 Å². The van der Waals surface area contributed by atoms with Crippen LogP contribution in [0.3, 0.4) is 0 Å². The molecule has 1 N–H and O–H groups in total. The molecule has 0 aliphatic carbocycles. The van der Waals surface area contributed by atoms with Crippen LogP contribution >= 0.6 is 23.4 Å². The van der Waals surface area contributed by atoms with Gasteiger partial charge < -0.3 is 5.11 Å². The van der Waals surface area contributed by atoms with Crippen molar-refractivity contribution in [2.24, 2.45) is 0 Å². The zero-order chi connectivity index (χ0) is 19.2. The van der Waals surface area contributed by atoms with Gasteiger partial charge in [0.1, 0.15) is 5.82 Å². The van der Waals surface area contributed by atoms with Gasteiger partial charge in [0.25, 0.3) is 0 Å². The zero-order valence-electron chi connectivity index (χ0n) is 14.0. The third-order valence-electron chi connectivity index (χ3n) is 4.89. The number of allylic oxidation sites excluding steroid dienone is 1. The number of carbonyl (C=O) groups excluding carboxylic acids is 1. The van der Waals surface area contributed by atoms with Gasteiger partial charge in [-0.2, -0.15) is 5.26 Å².